The molecule has 0 spiro atoms. The van der Waals surface area contributed by atoms with Crippen molar-refractivity contribution in [2.75, 3.05) is 5.32 Å². The van der Waals surface area contributed by atoms with Crippen LogP contribution in [0.2, 0.25) is 0 Å². The first-order valence-electron chi connectivity index (χ1n) is 9.54. The topological polar surface area (TPSA) is 95.6 Å². The number of carbonyl (C=O) groups is 4. The SMILES string of the molecule is Cc1ccc([C@@H](C)Nc2cccc3c2C(=O)N(C2CCC(=O)NC2=O)C3=O)cc1. The third-order valence-electron chi connectivity index (χ3n) is 5.42. The summed E-state index contributed by atoms with van der Waals surface area (Å²) in [6.07, 6.45) is 0.234. The molecular formula is C22H21N3O4. The maximum atomic E-state index is 13.1. The second kappa shape index (κ2) is 7.16. The van der Waals surface area contributed by atoms with E-state index in [-0.39, 0.29) is 30.0 Å². The van der Waals surface area contributed by atoms with Crippen LogP contribution in [0, 0.1) is 6.92 Å². The van der Waals surface area contributed by atoms with E-state index in [2.05, 4.69) is 10.6 Å². The van der Waals surface area contributed by atoms with Gasteiger partial charge < -0.3 is 5.32 Å². The highest BCUT2D eigenvalue weighted by molar-refractivity contribution is 6.25. The Morgan fingerprint density at radius 3 is 2.45 bits per heavy atom. The maximum Gasteiger partial charge on any atom is 0.264 e. The molecule has 4 amide bonds. The third kappa shape index (κ3) is 3.29. The van der Waals surface area contributed by atoms with E-state index >= 15 is 0 Å². The summed E-state index contributed by atoms with van der Waals surface area (Å²) in [5.41, 5.74) is 3.28. The van der Waals surface area contributed by atoms with Gasteiger partial charge in [0.05, 0.1) is 11.1 Å². The lowest BCUT2D eigenvalue weighted by Gasteiger charge is -2.28. The van der Waals surface area contributed by atoms with Crippen molar-refractivity contribution >= 4 is 29.3 Å². The van der Waals surface area contributed by atoms with E-state index < -0.39 is 29.7 Å². The number of nitrogens with zero attached hydrogens (tertiary/aromatic N) is 1. The van der Waals surface area contributed by atoms with Crippen LogP contribution in [0.15, 0.2) is 42.5 Å². The largest absolute Gasteiger partial charge is 0.378 e. The van der Waals surface area contributed by atoms with Crippen LogP contribution in [0.1, 0.15) is 57.7 Å². The van der Waals surface area contributed by atoms with Crippen molar-refractivity contribution < 1.29 is 19.2 Å². The normalized spacial score (nSPS) is 19.8. The summed E-state index contributed by atoms with van der Waals surface area (Å²) < 4.78 is 0. The smallest absolute Gasteiger partial charge is 0.264 e. The monoisotopic (exact) mass is 391 g/mol. The highest BCUT2D eigenvalue weighted by Crippen LogP contribution is 2.34. The Hall–Kier alpha value is -3.48. The fourth-order valence-electron chi connectivity index (χ4n) is 3.81. The summed E-state index contributed by atoms with van der Waals surface area (Å²) in [6.45, 7) is 3.99. The third-order valence-corrected chi connectivity index (χ3v) is 5.42. The van der Waals surface area contributed by atoms with Crippen LogP contribution in [-0.4, -0.2) is 34.6 Å². The van der Waals surface area contributed by atoms with Gasteiger partial charge in [-0.2, -0.15) is 0 Å². The Kier molecular flexibility index (Phi) is 4.66. The van der Waals surface area contributed by atoms with E-state index in [0.717, 1.165) is 16.0 Å². The minimum Gasteiger partial charge on any atom is -0.378 e. The van der Waals surface area contributed by atoms with E-state index in [1.165, 1.54) is 0 Å². The second-order valence-corrected chi connectivity index (χ2v) is 7.45. The van der Waals surface area contributed by atoms with Crippen molar-refractivity contribution in [3.8, 4) is 0 Å². The first-order valence-corrected chi connectivity index (χ1v) is 9.54. The van der Waals surface area contributed by atoms with Crippen LogP contribution >= 0.6 is 0 Å². The quantitative estimate of drug-likeness (QED) is 0.781. The Morgan fingerprint density at radius 1 is 1.03 bits per heavy atom. The Bertz CT molecular complexity index is 1030. The predicted molar refractivity (Wildman–Crippen MR) is 106 cm³/mol. The lowest BCUT2D eigenvalue weighted by atomic mass is 10.0. The Morgan fingerprint density at radius 2 is 1.76 bits per heavy atom. The summed E-state index contributed by atoms with van der Waals surface area (Å²) in [4.78, 5) is 50.6. The molecule has 0 saturated carbocycles. The predicted octanol–water partition coefficient (Wildman–Crippen LogP) is 2.57. The molecule has 2 atom stereocenters. The van der Waals surface area contributed by atoms with Crippen molar-refractivity contribution in [3.63, 3.8) is 0 Å². The number of aryl methyl sites for hydroxylation is 1. The average Bonchev–Trinajstić information content (AvgIpc) is 2.94. The summed E-state index contributed by atoms with van der Waals surface area (Å²) >= 11 is 0. The highest BCUT2D eigenvalue weighted by Gasteiger charge is 2.45. The lowest BCUT2D eigenvalue weighted by molar-refractivity contribution is -0.136. The zero-order valence-electron chi connectivity index (χ0n) is 16.2. The number of fused-ring (bicyclic) bond motifs is 1. The average molecular weight is 391 g/mol. The molecule has 0 aliphatic carbocycles. The number of amides is 4. The number of carbonyl (C=O) groups excluding carboxylic acids is 4. The molecule has 1 saturated heterocycles. The number of benzene rings is 2. The summed E-state index contributed by atoms with van der Waals surface area (Å²) in [7, 11) is 0. The minimum absolute atomic E-state index is 0.0883. The van der Waals surface area contributed by atoms with E-state index in [9.17, 15) is 19.2 Å². The zero-order valence-corrected chi connectivity index (χ0v) is 16.2. The number of piperidine rings is 1. The fraction of sp³-hybridized carbons (Fsp3) is 0.273. The van der Waals surface area contributed by atoms with Gasteiger partial charge in [-0.05, 0) is 38.0 Å². The van der Waals surface area contributed by atoms with Crippen molar-refractivity contribution in [2.45, 2.75) is 38.8 Å². The summed E-state index contributed by atoms with van der Waals surface area (Å²) in [6, 6.07) is 12.0. The Balaban J connectivity index is 1.63. The van der Waals surface area contributed by atoms with Crippen LogP contribution in [-0.2, 0) is 9.59 Å². The molecule has 29 heavy (non-hydrogen) atoms. The van der Waals surface area contributed by atoms with Gasteiger partial charge in [0.25, 0.3) is 11.8 Å². The van der Waals surface area contributed by atoms with Gasteiger partial charge in [0, 0.05) is 18.2 Å². The Labute approximate surface area is 168 Å². The first kappa shape index (κ1) is 18.9. The van der Waals surface area contributed by atoms with Crippen molar-refractivity contribution in [1.82, 2.24) is 10.2 Å². The lowest BCUT2D eigenvalue weighted by Crippen LogP contribution is -2.54. The van der Waals surface area contributed by atoms with Crippen LogP contribution in [0.5, 0.6) is 0 Å². The van der Waals surface area contributed by atoms with Crippen molar-refractivity contribution in [1.29, 1.82) is 0 Å². The van der Waals surface area contributed by atoms with Crippen LogP contribution in [0.4, 0.5) is 5.69 Å². The van der Waals surface area contributed by atoms with Crippen LogP contribution < -0.4 is 10.6 Å². The van der Waals surface area contributed by atoms with Gasteiger partial charge in [-0.25, -0.2) is 0 Å². The molecule has 7 nitrogen and oxygen atoms in total. The number of nitrogens with one attached hydrogen (secondary N) is 2. The molecule has 0 radical (unpaired) electrons. The first-order chi connectivity index (χ1) is 13.9. The zero-order chi connectivity index (χ0) is 20.7. The highest BCUT2D eigenvalue weighted by atomic mass is 16.2. The van der Waals surface area contributed by atoms with E-state index in [1.807, 2.05) is 38.1 Å². The molecule has 0 bridgehead atoms. The van der Waals surface area contributed by atoms with Gasteiger partial charge >= 0.3 is 0 Å². The molecule has 2 aliphatic heterocycles. The van der Waals surface area contributed by atoms with Crippen molar-refractivity contribution in [3.05, 3.63) is 64.7 Å². The number of rotatable bonds is 4. The molecule has 1 fully saturated rings. The molecule has 2 heterocycles. The van der Waals surface area contributed by atoms with E-state index in [0.29, 0.717) is 5.69 Å². The standard InChI is InChI=1S/C22H21N3O4/c1-12-6-8-14(9-7-12)13(2)23-16-5-3-4-15-19(16)22(29)25(21(15)28)17-10-11-18(26)24-20(17)27/h3-9,13,17,23H,10-11H2,1-2H3,(H,24,26,27)/t13-,17?/m1/s1. The molecule has 2 aromatic rings. The van der Waals surface area contributed by atoms with E-state index in [1.54, 1.807) is 18.2 Å². The van der Waals surface area contributed by atoms with Gasteiger partial charge in [0.2, 0.25) is 11.8 Å². The molecule has 4 rings (SSSR count). The van der Waals surface area contributed by atoms with Gasteiger partial charge in [0.15, 0.2) is 0 Å². The van der Waals surface area contributed by atoms with Gasteiger partial charge in [-0.15, -0.1) is 0 Å². The number of anilines is 1. The van der Waals surface area contributed by atoms with Crippen molar-refractivity contribution in [2.24, 2.45) is 0 Å². The van der Waals surface area contributed by atoms with Crippen LogP contribution in [0.3, 0.4) is 0 Å². The maximum absolute atomic E-state index is 13.1. The summed E-state index contributed by atoms with van der Waals surface area (Å²) in [5.74, 6) is -2.03. The molecule has 2 aliphatic rings. The number of hydrogen-bond donors (Lipinski definition) is 2. The molecule has 148 valence electrons. The molecule has 2 N–H and O–H groups in total. The van der Waals surface area contributed by atoms with E-state index in [4.69, 9.17) is 0 Å². The molecule has 0 aromatic heterocycles. The minimum atomic E-state index is -0.970. The fourth-order valence-corrected chi connectivity index (χ4v) is 3.81. The second-order valence-electron chi connectivity index (χ2n) is 7.45. The summed E-state index contributed by atoms with van der Waals surface area (Å²) in [5, 5.41) is 5.52. The van der Waals surface area contributed by atoms with Crippen LogP contribution in [0.25, 0.3) is 0 Å². The number of imide groups is 2. The van der Waals surface area contributed by atoms with Gasteiger partial charge in [-0.3, -0.25) is 29.4 Å². The number of hydrogen-bond acceptors (Lipinski definition) is 5. The molecular weight excluding hydrogens is 370 g/mol. The molecule has 2 aromatic carbocycles. The molecule has 7 heteroatoms. The van der Waals surface area contributed by atoms with Gasteiger partial charge in [0.1, 0.15) is 6.04 Å². The van der Waals surface area contributed by atoms with Gasteiger partial charge in [-0.1, -0.05) is 35.9 Å². The molecule has 1 unspecified atom stereocenters.